The van der Waals surface area contributed by atoms with Crippen LogP contribution < -0.4 is 0 Å². The summed E-state index contributed by atoms with van der Waals surface area (Å²) in [5.41, 5.74) is 0. The summed E-state index contributed by atoms with van der Waals surface area (Å²) < 4.78 is -1.05. The van der Waals surface area contributed by atoms with E-state index in [1.165, 1.54) is 0 Å². The predicted molar refractivity (Wildman–Crippen MR) is 43.8 cm³/mol. The topological polar surface area (TPSA) is 17.1 Å². The Morgan fingerprint density at radius 3 is 2.90 bits per heavy atom. The molecule has 0 N–H and O–H groups in total. The van der Waals surface area contributed by atoms with Crippen LogP contribution in [0, 0.1) is 5.92 Å². The molecule has 0 aromatic heterocycles. The standard InChI is InChI=1S/C6H6Cl2OS/c7-6(8)4(9)3-1-2-10-5(3)6/h3,5H,1-2H2. The number of Topliss-reactive ketones (excluding diaryl/α,β-unsaturated/α-hetero) is 1. The summed E-state index contributed by atoms with van der Waals surface area (Å²) >= 11 is 13.2. The van der Waals surface area contributed by atoms with Gasteiger partial charge in [0.1, 0.15) is 0 Å². The molecule has 0 spiro atoms. The summed E-state index contributed by atoms with van der Waals surface area (Å²) in [7, 11) is 0. The van der Waals surface area contributed by atoms with Gasteiger partial charge in [-0.15, -0.1) is 0 Å². The van der Waals surface area contributed by atoms with Crippen molar-refractivity contribution in [2.24, 2.45) is 5.92 Å². The Labute approximate surface area is 73.4 Å². The summed E-state index contributed by atoms with van der Waals surface area (Å²) in [4.78, 5) is 11.1. The summed E-state index contributed by atoms with van der Waals surface area (Å²) in [6, 6.07) is 0. The lowest BCUT2D eigenvalue weighted by atomic mass is 9.80. The minimum atomic E-state index is -1.05. The van der Waals surface area contributed by atoms with Crippen molar-refractivity contribution in [3.05, 3.63) is 0 Å². The summed E-state index contributed by atoms with van der Waals surface area (Å²) in [6.45, 7) is 0. The molecular weight excluding hydrogens is 191 g/mol. The zero-order chi connectivity index (χ0) is 7.35. The molecule has 1 nitrogen and oxygen atoms in total. The molecular formula is C6H6Cl2OS. The third-order valence-electron chi connectivity index (χ3n) is 2.11. The van der Waals surface area contributed by atoms with E-state index in [0.29, 0.717) is 0 Å². The molecule has 0 aromatic carbocycles. The Hall–Kier alpha value is 0.600. The average molecular weight is 197 g/mol. The zero-order valence-corrected chi connectivity index (χ0v) is 7.47. The summed E-state index contributed by atoms with van der Waals surface area (Å²) in [5, 5.41) is 0.184. The highest BCUT2D eigenvalue weighted by atomic mass is 35.5. The maximum Gasteiger partial charge on any atom is 0.188 e. The van der Waals surface area contributed by atoms with Crippen LogP contribution in [0.2, 0.25) is 0 Å². The van der Waals surface area contributed by atoms with E-state index >= 15 is 0 Å². The van der Waals surface area contributed by atoms with Crippen LogP contribution in [-0.4, -0.2) is 21.1 Å². The maximum absolute atomic E-state index is 11.1. The number of rotatable bonds is 0. The van der Waals surface area contributed by atoms with Gasteiger partial charge in [-0.05, 0) is 12.2 Å². The van der Waals surface area contributed by atoms with Crippen molar-refractivity contribution in [3.63, 3.8) is 0 Å². The third kappa shape index (κ3) is 0.702. The highest BCUT2D eigenvalue weighted by molar-refractivity contribution is 8.00. The van der Waals surface area contributed by atoms with Gasteiger partial charge in [0, 0.05) is 5.92 Å². The van der Waals surface area contributed by atoms with Crippen molar-refractivity contribution in [1.82, 2.24) is 0 Å². The number of ketones is 1. The minimum Gasteiger partial charge on any atom is -0.296 e. The highest BCUT2D eigenvalue weighted by Crippen LogP contribution is 2.55. The fourth-order valence-electron chi connectivity index (χ4n) is 1.51. The molecule has 0 radical (unpaired) electrons. The average Bonchev–Trinajstić information content (AvgIpc) is 2.31. The van der Waals surface area contributed by atoms with E-state index in [1.807, 2.05) is 0 Å². The minimum absolute atomic E-state index is 0.0332. The van der Waals surface area contributed by atoms with Crippen LogP contribution in [0.1, 0.15) is 6.42 Å². The fraction of sp³-hybridized carbons (Fsp3) is 0.833. The van der Waals surface area contributed by atoms with Crippen molar-refractivity contribution < 1.29 is 4.79 Å². The molecule has 1 aliphatic heterocycles. The van der Waals surface area contributed by atoms with Gasteiger partial charge in [-0.2, -0.15) is 11.8 Å². The number of fused-ring (bicyclic) bond motifs is 1. The third-order valence-corrected chi connectivity index (χ3v) is 4.73. The van der Waals surface area contributed by atoms with Gasteiger partial charge in [0.15, 0.2) is 10.1 Å². The van der Waals surface area contributed by atoms with Gasteiger partial charge in [-0.1, -0.05) is 23.2 Å². The second kappa shape index (κ2) is 2.05. The van der Waals surface area contributed by atoms with E-state index < -0.39 is 4.33 Å². The first kappa shape index (κ1) is 7.26. The first-order valence-electron chi connectivity index (χ1n) is 3.18. The first-order valence-corrected chi connectivity index (χ1v) is 4.98. The lowest BCUT2D eigenvalue weighted by Crippen LogP contribution is -2.56. The Morgan fingerprint density at radius 1 is 1.60 bits per heavy atom. The number of carbonyl (C=O) groups is 1. The lowest BCUT2D eigenvalue weighted by Gasteiger charge is -2.40. The van der Waals surface area contributed by atoms with E-state index in [9.17, 15) is 4.79 Å². The van der Waals surface area contributed by atoms with Gasteiger partial charge in [0.25, 0.3) is 0 Å². The second-order valence-electron chi connectivity index (χ2n) is 2.67. The van der Waals surface area contributed by atoms with Crippen LogP contribution in [0.15, 0.2) is 0 Å². The summed E-state index contributed by atoms with van der Waals surface area (Å²) in [6.07, 6.45) is 0.968. The maximum atomic E-state index is 11.1. The number of halogens is 2. The molecule has 0 aromatic rings. The van der Waals surface area contributed by atoms with Crippen molar-refractivity contribution in [1.29, 1.82) is 0 Å². The van der Waals surface area contributed by atoms with Crippen molar-refractivity contribution in [2.75, 3.05) is 5.75 Å². The molecule has 4 heteroatoms. The van der Waals surface area contributed by atoms with Gasteiger partial charge in [0.2, 0.25) is 0 Å². The Kier molecular flexibility index (Phi) is 1.49. The molecule has 2 aliphatic rings. The number of hydrogen-bond acceptors (Lipinski definition) is 2. The normalized spacial score (nSPS) is 42.8. The first-order chi connectivity index (χ1) is 4.64. The second-order valence-corrected chi connectivity index (χ2v) is 5.31. The highest BCUT2D eigenvalue weighted by Gasteiger charge is 2.62. The van der Waals surface area contributed by atoms with E-state index in [0.717, 1.165) is 12.2 Å². The molecule has 10 heavy (non-hydrogen) atoms. The largest absolute Gasteiger partial charge is 0.296 e. The zero-order valence-electron chi connectivity index (χ0n) is 5.14. The molecule has 2 unspecified atom stereocenters. The van der Waals surface area contributed by atoms with Gasteiger partial charge in [-0.3, -0.25) is 4.79 Å². The quantitative estimate of drug-likeness (QED) is 0.551. The molecule has 0 amide bonds. The number of alkyl halides is 2. The molecule has 1 saturated heterocycles. The fourth-order valence-corrected chi connectivity index (χ4v) is 3.93. The Balaban J connectivity index is 2.23. The van der Waals surface area contributed by atoms with Gasteiger partial charge >= 0.3 is 0 Å². The van der Waals surface area contributed by atoms with E-state index in [1.54, 1.807) is 11.8 Å². The predicted octanol–water partition coefficient (Wildman–Crippen LogP) is 1.86. The molecule has 2 rings (SSSR count). The van der Waals surface area contributed by atoms with E-state index in [-0.39, 0.29) is 17.0 Å². The Bertz CT molecular complexity index is 192. The lowest BCUT2D eigenvalue weighted by molar-refractivity contribution is -0.129. The van der Waals surface area contributed by atoms with Crippen LogP contribution in [0.25, 0.3) is 0 Å². The van der Waals surface area contributed by atoms with Crippen molar-refractivity contribution >= 4 is 40.7 Å². The van der Waals surface area contributed by atoms with Crippen LogP contribution >= 0.6 is 35.0 Å². The molecule has 1 aliphatic carbocycles. The smallest absolute Gasteiger partial charge is 0.188 e. The summed E-state index contributed by atoms with van der Waals surface area (Å²) in [5.74, 6) is 1.23. The van der Waals surface area contributed by atoms with Crippen molar-refractivity contribution in [2.45, 2.75) is 16.0 Å². The Morgan fingerprint density at radius 2 is 2.30 bits per heavy atom. The SMILES string of the molecule is O=C1C2CCSC2C1(Cl)Cl. The number of carbonyl (C=O) groups excluding carboxylic acids is 1. The molecule has 2 fully saturated rings. The number of hydrogen-bond donors (Lipinski definition) is 0. The molecule has 56 valence electrons. The van der Waals surface area contributed by atoms with Crippen LogP contribution in [0.3, 0.4) is 0 Å². The van der Waals surface area contributed by atoms with Gasteiger partial charge in [0.05, 0.1) is 5.25 Å². The van der Waals surface area contributed by atoms with E-state index in [4.69, 9.17) is 23.2 Å². The molecule has 2 atom stereocenters. The van der Waals surface area contributed by atoms with Crippen LogP contribution in [0.5, 0.6) is 0 Å². The molecule has 0 bridgehead atoms. The monoisotopic (exact) mass is 196 g/mol. The molecule has 1 saturated carbocycles. The van der Waals surface area contributed by atoms with Crippen molar-refractivity contribution in [3.8, 4) is 0 Å². The van der Waals surface area contributed by atoms with Gasteiger partial charge < -0.3 is 0 Å². The van der Waals surface area contributed by atoms with Gasteiger partial charge in [-0.25, -0.2) is 0 Å². The van der Waals surface area contributed by atoms with Crippen LogP contribution in [-0.2, 0) is 4.79 Å². The van der Waals surface area contributed by atoms with Crippen LogP contribution in [0.4, 0.5) is 0 Å². The molecule has 1 heterocycles. The number of thioether (sulfide) groups is 1. The van der Waals surface area contributed by atoms with E-state index in [2.05, 4.69) is 0 Å².